The molecule has 0 saturated carbocycles. The van der Waals surface area contributed by atoms with Crippen molar-refractivity contribution in [1.82, 2.24) is 9.88 Å². The fourth-order valence-corrected chi connectivity index (χ4v) is 3.54. The van der Waals surface area contributed by atoms with Crippen LogP contribution in [0.5, 0.6) is 0 Å². The van der Waals surface area contributed by atoms with Crippen molar-refractivity contribution >= 4 is 11.6 Å². The highest BCUT2D eigenvalue weighted by atomic mass is 35.5. The molecular weight excluding hydrogens is 282 g/mol. The van der Waals surface area contributed by atoms with Gasteiger partial charge in [0.25, 0.3) is 0 Å². The lowest BCUT2D eigenvalue weighted by Crippen LogP contribution is -2.49. The van der Waals surface area contributed by atoms with Gasteiger partial charge in [0.2, 0.25) is 0 Å². The molecule has 1 aromatic rings. The van der Waals surface area contributed by atoms with Gasteiger partial charge in [-0.25, -0.2) is 0 Å². The van der Waals surface area contributed by atoms with Crippen LogP contribution in [0.1, 0.15) is 25.3 Å². The molecule has 0 aliphatic carbocycles. The minimum atomic E-state index is -0.507. The number of nitrogens with zero attached hydrogens (tertiary/aromatic N) is 3. The summed E-state index contributed by atoms with van der Waals surface area (Å²) in [5.41, 5.74) is 0.421. The lowest BCUT2D eigenvalue weighted by atomic mass is 9.71. The van der Waals surface area contributed by atoms with Gasteiger partial charge in [-0.3, -0.25) is 9.88 Å². The minimum absolute atomic E-state index is 0.267. The molecule has 2 aliphatic rings. The van der Waals surface area contributed by atoms with Gasteiger partial charge in [-0.2, -0.15) is 5.26 Å². The van der Waals surface area contributed by atoms with E-state index in [2.05, 4.69) is 39.9 Å². The van der Waals surface area contributed by atoms with E-state index in [-0.39, 0.29) is 12.1 Å². The van der Waals surface area contributed by atoms with Crippen molar-refractivity contribution in [2.45, 2.75) is 37.3 Å². The first-order valence-electron chi connectivity index (χ1n) is 7.04. The standard InChI is InChI=1S/C17H16ClN3/c1-2-3-6-21-15-4-5-16(21)9-17(8-15,12-19)13-7-14(18)11-20-10-13/h4-5,7,10-11,15-16H,6,8-9H2,1H3. The summed E-state index contributed by atoms with van der Waals surface area (Å²) in [6.07, 6.45) is 9.33. The summed E-state index contributed by atoms with van der Waals surface area (Å²) >= 11 is 6.05. The van der Waals surface area contributed by atoms with Crippen LogP contribution < -0.4 is 0 Å². The summed E-state index contributed by atoms with van der Waals surface area (Å²) in [5, 5.41) is 10.4. The van der Waals surface area contributed by atoms with Crippen molar-refractivity contribution in [2.75, 3.05) is 6.54 Å². The molecule has 2 atom stereocenters. The second kappa shape index (κ2) is 5.53. The van der Waals surface area contributed by atoms with E-state index in [0.717, 1.165) is 24.9 Å². The maximum absolute atomic E-state index is 9.82. The van der Waals surface area contributed by atoms with Crippen LogP contribution in [0.15, 0.2) is 30.6 Å². The Bertz CT molecular complexity index is 661. The highest BCUT2D eigenvalue weighted by Gasteiger charge is 2.47. The highest BCUT2D eigenvalue weighted by Crippen LogP contribution is 2.44. The summed E-state index contributed by atoms with van der Waals surface area (Å²) in [6, 6.07) is 4.94. The number of pyridine rings is 1. The molecule has 1 saturated heterocycles. The number of fused-ring (bicyclic) bond motifs is 2. The van der Waals surface area contributed by atoms with E-state index in [0.29, 0.717) is 5.02 Å². The van der Waals surface area contributed by atoms with Gasteiger partial charge in [0.1, 0.15) is 0 Å². The van der Waals surface area contributed by atoms with Crippen LogP contribution in [0, 0.1) is 23.2 Å². The number of halogens is 1. The largest absolute Gasteiger partial charge is 0.279 e. The van der Waals surface area contributed by atoms with E-state index in [1.54, 1.807) is 12.4 Å². The van der Waals surface area contributed by atoms with Crippen LogP contribution in [0.3, 0.4) is 0 Å². The molecule has 2 aliphatic heterocycles. The molecular formula is C17H16ClN3. The SMILES string of the molecule is CC#CCN1C2C=CC1CC(C#N)(c1cncc(Cl)c1)C2. The second-order valence-electron chi connectivity index (χ2n) is 5.61. The van der Waals surface area contributed by atoms with Crippen molar-refractivity contribution in [1.29, 1.82) is 5.26 Å². The Morgan fingerprint density at radius 1 is 1.38 bits per heavy atom. The lowest BCUT2D eigenvalue weighted by Gasteiger charge is -2.42. The summed E-state index contributed by atoms with van der Waals surface area (Å²) in [5.74, 6) is 6.08. The average molecular weight is 298 g/mol. The highest BCUT2D eigenvalue weighted by molar-refractivity contribution is 6.30. The normalized spacial score (nSPS) is 30.5. The molecule has 0 aromatic carbocycles. The predicted octanol–water partition coefficient (Wildman–Crippen LogP) is 2.92. The Labute approximate surface area is 130 Å². The molecule has 1 aromatic heterocycles. The van der Waals surface area contributed by atoms with Crippen LogP contribution in [-0.4, -0.2) is 28.5 Å². The molecule has 106 valence electrons. The van der Waals surface area contributed by atoms with Crippen LogP contribution in [-0.2, 0) is 5.41 Å². The van der Waals surface area contributed by atoms with Gasteiger partial charge in [0.05, 0.1) is 23.1 Å². The number of piperidine rings is 1. The zero-order valence-electron chi connectivity index (χ0n) is 11.9. The monoisotopic (exact) mass is 297 g/mol. The maximum Gasteiger partial charge on any atom is 0.0873 e. The third-order valence-electron chi connectivity index (χ3n) is 4.43. The molecule has 2 unspecified atom stereocenters. The van der Waals surface area contributed by atoms with Crippen LogP contribution in [0.2, 0.25) is 5.02 Å². The molecule has 0 N–H and O–H groups in total. The molecule has 2 bridgehead atoms. The van der Waals surface area contributed by atoms with E-state index in [1.807, 2.05) is 13.0 Å². The van der Waals surface area contributed by atoms with Gasteiger partial charge < -0.3 is 0 Å². The van der Waals surface area contributed by atoms with E-state index in [4.69, 9.17) is 11.6 Å². The number of nitriles is 1. The molecule has 0 amide bonds. The summed E-state index contributed by atoms with van der Waals surface area (Å²) in [7, 11) is 0. The molecule has 3 heterocycles. The number of rotatable bonds is 2. The fraction of sp³-hybridized carbons (Fsp3) is 0.412. The van der Waals surface area contributed by atoms with Gasteiger partial charge in [0.15, 0.2) is 0 Å². The van der Waals surface area contributed by atoms with E-state index in [1.165, 1.54) is 0 Å². The lowest BCUT2D eigenvalue weighted by molar-refractivity contribution is 0.135. The van der Waals surface area contributed by atoms with Crippen molar-refractivity contribution in [3.8, 4) is 17.9 Å². The number of hydrogen-bond acceptors (Lipinski definition) is 3. The molecule has 4 heteroatoms. The molecule has 1 fully saturated rings. The number of aromatic nitrogens is 1. The van der Waals surface area contributed by atoms with E-state index >= 15 is 0 Å². The van der Waals surface area contributed by atoms with E-state index in [9.17, 15) is 5.26 Å². The first kappa shape index (κ1) is 14.1. The molecule has 21 heavy (non-hydrogen) atoms. The first-order valence-corrected chi connectivity index (χ1v) is 7.42. The van der Waals surface area contributed by atoms with Crippen molar-refractivity contribution in [3.63, 3.8) is 0 Å². The zero-order valence-corrected chi connectivity index (χ0v) is 12.6. The van der Waals surface area contributed by atoms with Crippen molar-refractivity contribution in [3.05, 3.63) is 41.2 Å². The average Bonchev–Trinajstić information content (AvgIpc) is 2.74. The summed E-state index contributed by atoms with van der Waals surface area (Å²) in [4.78, 5) is 6.52. The quantitative estimate of drug-likeness (QED) is 0.622. The molecule has 3 nitrogen and oxygen atoms in total. The van der Waals surface area contributed by atoms with Crippen molar-refractivity contribution < 1.29 is 0 Å². The van der Waals surface area contributed by atoms with E-state index < -0.39 is 5.41 Å². The van der Waals surface area contributed by atoms with Crippen LogP contribution >= 0.6 is 11.6 Å². The van der Waals surface area contributed by atoms with Gasteiger partial charge in [0, 0.05) is 24.5 Å². The summed E-state index contributed by atoms with van der Waals surface area (Å²) in [6.45, 7) is 2.62. The second-order valence-corrected chi connectivity index (χ2v) is 6.05. The first-order chi connectivity index (χ1) is 10.2. The van der Waals surface area contributed by atoms with Crippen LogP contribution in [0.25, 0.3) is 0 Å². The smallest absolute Gasteiger partial charge is 0.0873 e. The molecule has 0 radical (unpaired) electrons. The fourth-order valence-electron chi connectivity index (χ4n) is 3.36. The number of hydrogen-bond donors (Lipinski definition) is 0. The van der Waals surface area contributed by atoms with Gasteiger partial charge >= 0.3 is 0 Å². The Morgan fingerprint density at radius 3 is 2.67 bits per heavy atom. The summed E-state index contributed by atoms with van der Waals surface area (Å²) < 4.78 is 0. The Kier molecular flexibility index (Phi) is 3.72. The van der Waals surface area contributed by atoms with Crippen molar-refractivity contribution in [2.24, 2.45) is 0 Å². The predicted molar refractivity (Wildman–Crippen MR) is 82.6 cm³/mol. The topological polar surface area (TPSA) is 39.9 Å². The third kappa shape index (κ3) is 2.44. The third-order valence-corrected chi connectivity index (χ3v) is 4.64. The Morgan fingerprint density at radius 2 is 2.10 bits per heavy atom. The Balaban J connectivity index is 1.91. The Hall–Kier alpha value is -1.81. The minimum Gasteiger partial charge on any atom is -0.279 e. The molecule has 0 spiro atoms. The maximum atomic E-state index is 9.82. The van der Waals surface area contributed by atoms with Crippen LogP contribution in [0.4, 0.5) is 0 Å². The molecule has 3 rings (SSSR count). The van der Waals surface area contributed by atoms with Gasteiger partial charge in [-0.15, -0.1) is 5.92 Å². The van der Waals surface area contributed by atoms with Gasteiger partial charge in [-0.1, -0.05) is 29.7 Å². The zero-order chi connectivity index (χ0) is 14.9. The van der Waals surface area contributed by atoms with Gasteiger partial charge in [-0.05, 0) is 31.4 Å².